The number of hydrogen-bond acceptors (Lipinski definition) is 6. The summed E-state index contributed by atoms with van der Waals surface area (Å²) < 4.78 is 21.7. The number of aromatic nitrogens is 4. The Morgan fingerprint density at radius 1 is 1.34 bits per heavy atom. The number of nitrogen functional groups attached to an aromatic ring is 1. The molecular weight excluding hydrogens is 375 g/mol. The van der Waals surface area contributed by atoms with E-state index in [2.05, 4.69) is 15.3 Å². The van der Waals surface area contributed by atoms with Gasteiger partial charge >= 0.3 is 0 Å². The minimum atomic E-state index is -0.620. The van der Waals surface area contributed by atoms with Gasteiger partial charge in [0.05, 0.1) is 12.2 Å². The van der Waals surface area contributed by atoms with Crippen molar-refractivity contribution in [2.45, 2.75) is 33.0 Å². The summed E-state index contributed by atoms with van der Waals surface area (Å²) in [4.78, 5) is 18.9. The summed E-state index contributed by atoms with van der Waals surface area (Å²) in [5.74, 6) is -0.157. The van der Waals surface area contributed by atoms with Gasteiger partial charge in [-0.05, 0) is 38.1 Å². The van der Waals surface area contributed by atoms with Gasteiger partial charge in [0, 0.05) is 36.5 Å². The number of carbonyl (C=O) groups is 1. The maximum absolute atomic E-state index is 13.9. The Balaban J connectivity index is 1.94. The first-order chi connectivity index (χ1) is 13.9. The number of hydrogen-bond donors (Lipinski definition) is 1. The number of amides is 1. The van der Waals surface area contributed by atoms with Crippen LogP contribution in [-0.2, 0) is 13.1 Å². The van der Waals surface area contributed by atoms with Gasteiger partial charge in [-0.2, -0.15) is 0 Å². The van der Waals surface area contributed by atoms with Crippen LogP contribution in [-0.4, -0.2) is 37.8 Å². The van der Waals surface area contributed by atoms with Crippen LogP contribution < -0.4 is 10.5 Å². The smallest absolute Gasteiger partial charge is 0.254 e. The van der Waals surface area contributed by atoms with Crippen LogP contribution in [0.25, 0.3) is 11.3 Å². The quantitative estimate of drug-likeness (QED) is 0.679. The highest BCUT2D eigenvalue weighted by Crippen LogP contribution is 2.34. The molecule has 2 N–H and O–H groups in total. The standard InChI is InChI=1S/C20H21FN6O2/c1-4-27-18-12-7-17(19(22)23-9-12)29-11(2)15-8-13(21)5-6-14(15)20(28)26(3)10-16(18)24-25-27/h5-9,11H,4,10H2,1-3H3,(H2,22,23). The number of benzene rings is 1. The maximum atomic E-state index is 13.9. The molecule has 0 fully saturated rings. The third-order valence-corrected chi connectivity index (χ3v) is 4.98. The van der Waals surface area contributed by atoms with Gasteiger partial charge in [0.1, 0.15) is 17.6 Å². The second kappa shape index (κ2) is 7.16. The molecule has 0 aliphatic carbocycles. The molecule has 1 amide bonds. The molecule has 1 aliphatic rings. The largest absolute Gasteiger partial charge is 0.482 e. The molecule has 0 saturated carbocycles. The average Bonchev–Trinajstić information content (AvgIpc) is 3.10. The van der Waals surface area contributed by atoms with Crippen molar-refractivity contribution in [2.75, 3.05) is 12.8 Å². The Hall–Kier alpha value is -3.49. The van der Waals surface area contributed by atoms with Crippen LogP contribution in [0.1, 0.15) is 41.6 Å². The molecule has 4 rings (SSSR count). The fourth-order valence-corrected chi connectivity index (χ4v) is 3.49. The molecule has 29 heavy (non-hydrogen) atoms. The molecule has 3 aromatic rings. The Labute approximate surface area is 167 Å². The van der Waals surface area contributed by atoms with E-state index in [-0.39, 0.29) is 18.3 Å². The molecule has 0 saturated heterocycles. The molecule has 1 atom stereocenters. The second-order valence-corrected chi connectivity index (χ2v) is 6.96. The number of aryl methyl sites for hydroxylation is 1. The Morgan fingerprint density at radius 2 is 2.14 bits per heavy atom. The van der Waals surface area contributed by atoms with Crippen LogP contribution in [0.15, 0.2) is 30.5 Å². The predicted molar refractivity (Wildman–Crippen MR) is 105 cm³/mol. The van der Waals surface area contributed by atoms with Gasteiger partial charge in [-0.15, -0.1) is 5.10 Å². The van der Waals surface area contributed by atoms with Crippen LogP contribution >= 0.6 is 0 Å². The van der Waals surface area contributed by atoms with E-state index < -0.39 is 11.9 Å². The summed E-state index contributed by atoms with van der Waals surface area (Å²) in [6.45, 7) is 4.53. The Kier molecular flexibility index (Phi) is 4.65. The van der Waals surface area contributed by atoms with Crippen LogP contribution in [0.5, 0.6) is 5.75 Å². The number of fused-ring (bicyclic) bond motifs is 5. The minimum Gasteiger partial charge on any atom is -0.482 e. The van der Waals surface area contributed by atoms with Crippen molar-refractivity contribution < 1.29 is 13.9 Å². The molecule has 9 heteroatoms. The lowest BCUT2D eigenvalue weighted by Crippen LogP contribution is -2.28. The number of pyridine rings is 1. The van der Waals surface area contributed by atoms with Crippen LogP contribution in [0.3, 0.4) is 0 Å². The lowest BCUT2D eigenvalue weighted by molar-refractivity contribution is 0.0778. The second-order valence-electron chi connectivity index (χ2n) is 6.96. The van der Waals surface area contributed by atoms with E-state index in [0.717, 1.165) is 11.3 Å². The number of nitrogens with two attached hydrogens (primary N) is 1. The van der Waals surface area contributed by atoms with Crippen molar-refractivity contribution in [1.82, 2.24) is 24.9 Å². The number of carbonyl (C=O) groups excluding carboxylic acids is 1. The van der Waals surface area contributed by atoms with E-state index in [1.54, 1.807) is 30.9 Å². The normalized spacial score (nSPS) is 16.3. The molecule has 0 spiro atoms. The molecule has 1 aliphatic heterocycles. The van der Waals surface area contributed by atoms with E-state index in [1.807, 2.05) is 6.92 Å². The summed E-state index contributed by atoms with van der Waals surface area (Å²) in [5.41, 5.74) is 8.90. The number of ether oxygens (including phenoxy) is 1. The van der Waals surface area contributed by atoms with E-state index in [0.29, 0.717) is 29.1 Å². The molecule has 1 aromatic carbocycles. The topological polar surface area (TPSA) is 99.2 Å². The molecule has 0 radical (unpaired) electrons. The van der Waals surface area contributed by atoms with Crippen molar-refractivity contribution in [3.05, 3.63) is 53.1 Å². The fourth-order valence-electron chi connectivity index (χ4n) is 3.49. The third-order valence-electron chi connectivity index (χ3n) is 4.98. The minimum absolute atomic E-state index is 0.205. The highest BCUT2D eigenvalue weighted by Gasteiger charge is 2.26. The number of nitrogens with zero attached hydrogens (tertiary/aromatic N) is 5. The van der Waals surface area contributed by atoms with Gasteiger partial charge in [0.15, 0.2) is 11.6 Å². The SMILES string of the molecule is CCn1nnc2c1-c1cnc(N)c(c1)OC(C)c1cc(F)ccc1C(=O)N(C)C2. The number of rotatable bonds is 1. The Morgan fingerprint density at radius 3 is 2.90 bits per heavy atom. The van der Waals surface area contributed by atoms with Crippen molar-refractivity contribution in [3.8, 4) is 17.0 Å². The molecule has 150 valence electrons. The van der Waals surface area contributed by atoms with Crippen LogP contribution in [0.4, 0.5) is 10.2 Å². The fraction of sp³-hybridized carbons (Fsp3) is 0.300. The summed E-state index contributed by atoms with van der Waals surface area (Å²) in [6, 6.07) is 5.81. The van der Waals surface area contributed by atoms with E-state index in [9.17, 15) is 9.18 Å². The summed E-state index contributed by atoms with van der Waals surface area (Å²) in [7, 11) is 1.67. The maximum Gasteiger partial charge on any atom is 0.254 e. The summed E-state index contributed by atoms with van der Waals surface area (Å²) in [5, 5.41) is 8.45. The van der Waals surface area contributed by atoms with Gasteiger partial charge in [-0.25, -0.2) is 14.1 Å². The van der Waals surface area contributed by atoms with Crippen LogP contribution in [0, 0.1) is 5.82 Å². The molecule has 2 bridgehead atoms. The number of halogens is 1. The molecule has 8 nitrogen and oxygen atoms in total. The predicted octanol–water partition coefficient (Wildman–Crippen LogP) is 2.81. The first-order valence-corrected chi connectivity index (χ1v) is 9.28. The summed E-state index contributed by atoms with van der Waals surface area (Å²) >= 11 is 0. The van der Waals surface area contributed by atoms with Gasteiger partial charge < -0.3 is 15.4 Å². The zero-order valence-corrected chi connectivity index (χ0v) is 16.4. The van der Waals surface area contributed by atoms with Gasteiger partial charge in [0.25, 0.3) is 5.91 Å². The zero-order valence-electron chi connectivity index (χ0n) is 16.4. The third kappa shape index (κ3) is 3.28. The lowest BCUT2D eigenvalue weighted by atomic mass is 10.0. The van der Waals surface area contributed by atoms with E-state index >= 15 is 0 Å². The van der Waals surface area contributed by atoms with Crippen molar-refractivity contribution >= 4 is 11.7 Å². The molecule has 1 unspecified atom stereocenters. The van der Waals surface area contributed by atoms with Gasteiger partial charge in [0.2, 0.25) is 0 Å². The monoisotopic (exact) mass is 396 g/mol. The lowest BCUT2D eigenvalue weighted by Gasteiger charge is -2.23. The van der Waals surface area contributed by atoms with E-state index in [1.165, 1.54) is 23.1 Å². The van der Waals surface area contributed by atoms with Gasteiger partial charge in [-0.3, -0.25) is 4.79 Å². The van der Waals surface area contributed by atoms with Crippen molar-refractivity contribution in [1.29, 1.82) is 0 Å². The highest BCUT2D eigenvalue weighted by molar-refractivity contribution is 5.95. The Bertz CT molecular complexity index is 1100. The molecular formula is C20H21FN6O2. The van der Waals surface area contributed by atoms with E-state index in [4.69, 9.17) is 10.5 Å². The van der Waals surface area contributed by atoms with Crippen molar-refractivity contribution in [3.63, 3.8) is 0 Å². The summed E-state index contributed by atoms with van der Waals surface area (Å²) in [6.07, 6.45) is 1.01. The van der Waals surface area contributed by atoms with Gasteiger partial charge in [-0.1, -0.05) is 5.21 Å². The first kappa shape index (κ1) is 18.9. The molecule has 3 heterocycles. The van der Waals surface area contributed by atoms with Crippen LogP contribution in [0.2, 0.25) is 0 Å². The first-order valence-electron chi connectivity index (χ1n) is 9.28. The zero-order chi connectivity index (χ0) is 20.7. The highest BCUT2D eigenvalue weighted by atomic mass is 19.1. The molecule has 2 aromatic heterocycles. The number of anilines is 1. The van der Waals surface area contributed by atoms with Crippen molar-refractivity contribution in [2.24, 2.45) is 0 Å². The average molecular weight is 396 g/mol.